The maximum atomic E-state index is 12.4. The molecule has 0 radical (unpaired) electrons. The minimum absolute atomic E-state index is 0.0482. The van der Waals surface area contributed by atoms with Gasteiger partial charge < -0.3 is 10.7 Å². The molecule has 1 amide bonds. The quantitative estimate of drug-likeness (QED) is 0.578. The van der Waals surface area contributed by atoms with Crippen molar-refractivity contribution in [1.82, 2.24) is 5.32 Å². The maximum Gasteiger partial charge on any atom is 0.253 e. The van der Waals surface area contributed by atoms with Crippen LogP contribution in [0.3, 0.4) is 0 Å². The Labute approximate surface area is 114 Å². The van der Waals surface area contributed by atoms with Crippen molar-refractivity contribution in [1.29, 1.82) is 0 Å². The van der Waals surface area contributed by atoms with Gasteiger partial charge in [-0.3, -0.25) is 10.6 Å². The standard InChI is InChI=1S/C15H23N3O/c1-10-6-7-11(12(9-10)18-16)14(19)17-13-5-4-8-15(13,2)3/h6-7,9,13,18H,4-5,8,16H2,1-3H3,(H,17,19). The van der Waals surface area contributed by atoms with E-state index < -0.39 is 0 Å². The Kier molecular flexibility index (Phi) is 3.80. The van der Waals surface area contributed by atoms with Crippen LogP contribution in [0.5, 0.6) is 0 Å². The van der Waals surface area contributed by atoms with Gasteiger partial charge >= 0.3 is 0 Å². The summed E-state index contributed by atoms with van der Waals surface area (Å²) < 4.78 is 0. The number of aryl methyl sites for hydroxylation is 1. The molecule has 1 aliphatic rings. The molecule has 4 N–H and O–H groups in total. The number of hydrogen-bond acceptors (Lipinski definition) is 3. The van der Waals surface area contributed by atoms with Crippen LogP contribution in [0.4, 0.5) is 5.69 Å². The van der Waals surface area contributed by atoms with E-state index in [0.29, 0.717) is 11.3 Å². The molecule has 0 spiro atoms. The number of amides is 1. The van der Waals surface area contributed by atoms with E-state index in [1.165, 1.54) is 6.42 Å². The molecule has 1 fully saturated rings. The van der Waals surface area contributed by atoms with Crippen molar-refractivity contribution >= 4 is 11.6 Å². The lowest BCUT2D eigenvalue weighted by Crippen LogP contribution is -2.41. The Morgan fingerprint density at radius 1 is 1.42 bits per heavy atom. The number of nitrogens with one attached hydrogen (secondary N) is 2. The summed E-state index contributed by atoms with van der Waals surface area (Å²) in [5.74, 6) is 5.44. The highest BCUT2D eigenvalue weighted by molar-refractivity contribution is 5.99. The van der Waals surface area contributed by atoms with Crippen LogP contribution in [0.2, 0.25) is 0 Å². The Hall–Kier alpha value is -1.55. The van der Waals surface area contributed by atoms with E-state index in [2.05, 4.69) is 24.6 Å². The maximum absolute atomic E-state index is 12.4. The van der Waals surface area contributed by atoms with Crippen molar-refractivity contribution in [2.75, 3.05) is 5.43 Å². The highest BCUT2D eigenvalue weighted by Gasteiger charge is 2.35. The van der Waals surface area contributed by atoms with Gasteiger partial charge in [-0.2, -0.15) is 0 Å². The highest BCUT2D eigenvalue weighted by Crippen LogP contribution is 2.37. The van der Waals surface area contributed by atoms with Gasteiger partial charge in [-0.25, -0.2) is 0 Å². The summed E-state index contributed by atoms with van der Waals surface area (Å²) >= 11 is 0. The van der Waals surface area contributed by atoms with Crippen LogP contribution >= 0.6 is 0 Å². The van der Waals surface area contributed by atoms with Gasteiger partial charge in [0.25, 0.3) is 5.91 Å². The van der Waals surface area contributed by atoms with E-state index in [1.807, 2.05) is 25.1 Å². The number of carbonyl (C=O) groups is 1. The topological polar surface area (TPSA) is 67.2 Å². The summed E-state index contributed by atoms with van der Waals surface area (Å²) in [6.45, 7) is 6.40. The first-order valence-electron chi connectivity index (χ1n) is 6.82. The van der Waals surface area contributed by atoms with Crippen molar-refractivity contribution in [2.45, 2.75) is 46.1 Å². The summed E-state index contributed by atoms with van der Waals surface area (Å²) in [6, 6.07) is 5.87. The lowest BCUT2D eigenvalue weighted by atomic mass is 9.87. The van der Waals surface area contributed by atoms with E-state index in [9.17, 15) is 4.79 Å². The molecular formula is C15H23N3O. The zero-order chi connectivity index (χ0) is 14.0. The molecule has 0 aliphatic heterocycles. The Morgan fingerprint density at radius 2 is 2.16 bits per heavy atom. The molecule has 1 atom stereocenters. The van der Waals surface area contributed by atoms with Gasteiger partial charge in [0.2, 0.25) is 0 Å². The third-order valence-corrected chi connectivity index (χ3v) is 4.14. The molecule has 104 valence electrons. The first-order chi connectivity index (χ1) is 8.94. The third-order valence-electron chi connectivity index (χ3n) is 4.14. The molecular weight excluding hydrogens is 238 g/mol. The van der Waals surface area contributed by atoms with Crippen LogP contribution in [0.1, 0.15) is 49.0 Å². The number of rotatable bonds is 3. The average Bonchev–Trinajstić information content (AvgIpc) is 2.68. The predicted molar refractivity (Wildman–Crippen MR) is 77.9 cm³/mol. The first kappa shape index (κ1) is 13.9. The van der Waals surface area contributed by atoms with Crippen LogP contribution in [-0.2, 0) is 0 Å². The molecule has 0 bridgehead atoms. The second-order valence-electron chi connectivity index (χ2n) is 6.10. The van der Waals surface area contributed by atoms with Crippen LogP contribution in [0.25, 0.3) is 0 Å². The summed E-state index contributed by atoms with van der Waals surface area (Å²) in [6.07, 6.45) is 3.39. The van der Waals surface area contributed by atoms with Crippen molar-refractivity contribution in [2.24, 2.45) is 11.3 Å². The molecule has 4 heteroatoms. The highest BCUT2D eigenvalue weighted by atomic mass is 16.1. The number of carbonyl (C=O) groups excluding carboxylic acids is 1. The number of nitrogen functional groups attached to an aromatic ring is 1. The lowest BCUT2D eigenvalue weighted by Gasteiger charge is -2.28. The largest absolute Gasteiger partial charge is 0.349 e. The van der Waals surface area contributed by atoms with Gasteiger partial charge in [-0.1, -0.05) is 26.3 Å². The number of nitrogens with two attached hydrogens (primary N) is 1. The van der Waals surface area contributed by atoms with Crippen LogP contribution in [0, 0.1) is 12.3 Å². The first-order valence-corrected chi connectivity index (χ1v) is 6.82. The molecule has 0 heterocycles. The number of hydrogen-bond donors (Lipinski definition) is 3. The number of hydrazine groups is 1. The molecule has 2 rings (SSSR count). The average molecular weight is 261 g/mol. The van der Waals surface area contributed by atoms with Crippen molar-refractivity contribution in [3.8, 4) is 0 Å². The van der Waals surface area contributed by atoms with Crippen LogP contribution < -0.4 is 16.6 Å². The molecule has 1 unspecified atom stereocenters. The van der Waals surface area contributed by atoms with E-state index in [0.717, 1.165) is 18.4 Å². The van der Waals surface area contributed by atoms with Gasteiger partial charge in [0.1, 0.15) is 0 Å². The fourth-order valence-corrected chi connectivity index (χ4v) is 2.81. The normalized spacial score (nSPS) is 21.2. The van der Waals surface area contributed by atoms with Gasteiger partial charge in [0, 0.05) is 6.04 Å². The molecule has 0 aromatic heterocycles. The number of benzene rings is 1. The summed E-state index contributed by atoms with van der Waals surface area (Å²) in [4.78, 5) is 12.4. The fourth-order valence-electron chi connectivity index (χ4n) is 2.81. The SMILES string of the molecule is Cc1ccc(C(=O)NC2CCCC2(C)C)c(NN)c1. The molecule has 4 nitrogen and oxygen atoms in total. The van der Waals surface area contributed by atoms with E-state index in [-0.39, 0.29) is 17.4 Å². The van der Waals surface area contributed by atoms with Crippen molar-refractivity contribution < 1.29 is 4.79 Å². The predicted octanol–water partition coefficient (Wildman–Crippen LogP) is 2.59. The van der Waals surface area contributed by atoms with Gasteiger partial charge in [-0.15, -0.1) is 0 Å². The molecule has 0 saturated heterocycles. The summed E-state index contributed by atoms with van der Waals surface area (Å²) in [5.41, 5.74) is 5.14. The second kappa shape index (κ2) is 5.21. The molecule has 1 aliphatic carbocycles. The van der Waals surface area contributed by atoms with Crippen molar-refractivity contribution in [3.63, 3.8) is 0 Å². The van der Waals surface area contributed by atoms with Gasteiger partial charge in [0.15, 0.2) is 0 Å². The minimum Gasteiger partial charge on any atom is -0.349 e. The molecule has 1 saturated carbocycles. The van der Waals surface area contributed by atoms with Gasteiger partial charge in [0.05, 0.1) is 11.3 Å². The monoisotopic (exact) mass is 261 g/mol. The Morgan fingerprint density at radius 3 is 2.74 bits per heavy atom. The van der Waals surface area contributed by atoms with Crippen molar-refractivity contribution in [3.05, 3.63) is 29.3 Å². The van der Waals surface area contributed by atoms with E-state index in [1.54, 1.807) is 0 Å². The van der Waals surface area contributed by atoms with Crippen LogP contribution in [-0.4, -0.2) is 11.9 Å². The fraction of sp³-hybridized carbons (Fsp3) is 0.533. The van der Waals surface area contributed by atoms with Crippen LogP contribution in [0.15, 0.2) is 18.2 Å². The van der Waals surface area contributed by atoms with E-state index in [4.69, 9.17) is 5.84 Å². The molecule has 1 aromatic carbocycles. The molecule has 19 heavy (non-hydrogen) atoms. The zero-order valence-corrected chi connectivity index (χ0v) is 11.9. The summed E-state index contributed by atoms with van der Waals surface area (Å²) in [5, 5.41) is 3.15. The van der Waals surface area contributed by atoms with E-state index >= 15 is 0 Å². The minimum atomic E-state index is -0.0482. The zero-order valence-electron chi connectivity index (χ0n) is 11.9. The third kappa shape index (κ3) is 2.89. The Bertz CT molecular complexity index is 482. The lowest BCUT2D eigenvalue weighted by molar-refractivity contribution is 0.0911. The summed E-state index contributed by atoms with van der Waals surface area (Å²) in [7, 11) is 0. The Balaban J connectivity index is 2.16. The molecule has 1 aromatic rings. The van der Waals surface area contributed by atoms with Gasteiger partial charge in [-0.05, 0) is 42.9 Å². The smallest absolute Gasteiger partial charge is 0.253 e. The number of anilines is 1. The second-order valence-corrected chi connectivity index (χ2v) is 6.10.